The van der Waals surface area contributed by atoms with Crippen LogP contribution in [-0.2, 0) is 0 Å². The number of amides is 1. The summed E-state index contributed by atoms with van der Waals surface area (Å²) in [5.41, 5.74) is 0.786. The number of hydrogen-bond donors (Lipinski definition) is 0. The van der Waals surface area contributed by atoms with Crippen LogP contribution in [0.1, 0.15) is 17.0 Å². The Hall–Kier alpha value is -2.30. The van der Waals surface area contributed by atoms with Crippen LogP contribution in [-0.4, -0.2) is 47.9 Å². The summed E-state index contributed by atoms with van der Waals surface area (Å²) in [5, 5.41) is 11.4. The standard InChI is InChI=1S/C17H17BrN4O4S/c1-20(2)8-3-9-21(16(23)13-6-7-15(26-13)22(24)25)17-19-12-5-4-11(18)10-14(12)27-17/h4-7,10H,3,8-9H2,1-2H3. The second kappa shape index (κ2) is 8.15. The molecule has 3 rings (SSSR count). The number of nitrogens with zero attached hydrogens (tertiary/aromatic N) is 4. The molecule has 1 amide bonds. The zero-order chi connectivity index (χ0) is 19.6. The van der Waals surface area contributed by atoms with Crippen molar-refractivity contribution in [3.63, 3.8) is 0 Å². The van der Waals surface area contributed by atoms with Crippen LogP contribution in [0.25, 0.3) is 10.2 Å². The van der Waals surface area contributed by atoms with Gasteiger partial charge in [-0.2, -0.15) is 0 Å². The summed E-state index contributed by atoms with van der Waals surface area (Å²) >= 11 is 4.82. The molecule has 142 valence electrons. The van der Waals surface area contributed by atoms with Gasteiger partial charge >= 0.3 is 5.88 Å². The van der Waals surface area contributed by atoms with Crippen molar-refractivity contribution in [3.8, 4) is 0 Å². The van der Waals surface area contributed by atoms with Gasteiger partial charge in [0.1, 0.15) is 4.92 Å². The molecular weight excluding hydrogens is 436 g/mol. The summed E-state index contributed by atoms with van der Waals surface area (Å²) in [5.74, 6) is -0.980. The van der Waals surface area contributed by atoms with E-state index >= 15 is 0 Å². The lowest BCUT2D eigenvalue weighted by Crippen LogP contribution is -2.33. The maximum absolute atomic E-state index is 13.0. The highest BCUT2D eigenvalue weighted by Gasteiger charge is 2.26. The molecule has 1 aromatic carbocycles. The Morgan fingerprint density at radius 1 is 1.30 bits per heavy atom. The monoisotopic (exact) mass is 452 g/mol. The van der Waals surface area contributed by atoms with Crippen LogP contribution in [0.4, 0.5) is 11.0 Å². The number of halogens is 1. The van der Waals surface area contributed by atoms with Crippen LogP contribution >= 0.6 is 27.3 Å². The van der Waals surface area contributed by atoms with Gasteiger partial charge in [0.15, 0.2) is 10.9 Å². The molecule has 0 spiro atoms. The van der Waals surface area contributed by atoms with Crippen molar-refractivity contribution < 1.29 is 14.1 Å². The fraction of sp³-hybridized carbons (Fsp3) is 0.294. The summed E-state index contributed by atoms with van der Waals surface area (Å²) in [6.45, 7) is 1.21. The third-order valence-electron chi connectivity index (χ3n) is 3.78. The maximum atomic E-state index is 13.0. The first kappa shape index (κ1) is 19.5. The largest absolute Gasteiger partial charge is 0.433 e. The van der Waals surface area contributed by atoms with Gasteiger partial charge < -0.3 is 9.32 Å². The molecule has 0 saturated carbocycles. The molecule has 0 atom stereocenters. The lowest BCUT2D eigenvalue weighted by atomic mass is 10.3. The van der Waals surface area contributed by atoms with Gasteiger partial charge in [-0.25, -0.2) is 4.98 Å². The highest BCUT2D eigenvalue weighted by atomic mass is 79.9. The van der Waals surface area contributed by atoms with E-state index in [4.69, 9.17) is 4.42 Å². The highest BCUT2D eigenvalue weighted by Crippen LogP contribution is 2.32. The van der Waals surface area contributed by atoms with Crippen LogP contribution in [0.5, 0.6) is 0 Å². The quantitative estimate of drug-likeness (QED) is 0.394. The molecule has 10 heteroatoms. The Labute approximate surface area is 167 Å². The third-order valence-corrected chi connectivity index (χ3v) is 5.32. The van der Waals surface area contributed by atoms with Crippen molar-refractivity contribution in [1.29, 1.82) is 0 Å². The molecule has 3 aromatic rings. The van der Waals surface area contributed by atoms with Crippen molar-refractivity contribution in [2.45, 2.75) is 6.42 Å². The molecule has 0 fully saturated rings. The van der Waals surface area contributed by atoms with Crippen LogP contribution in [0.2, 0.25) is 0 Å². The smallest absolute Gasteiger partial charge is 0.395 e. The van der Waals surface area contributed by atoms with Gasteiger partial charge in [0, 0.05) is 11.0 Å². The molecule has 2 aromatic heterocycles. The van der Waals surface area contributed by atoms with E-state index in [9.17, 15) is 14.9 Å². The number of furan rings is 1. The fourth-order valence-corrected chi connectivity index (χ4v) is 4.05. The van der Waals surface area contributed by atoms with Crippen LogP contribution < -0.4 is 4.90 Å². The summed E-state index contributed by atoms with van der Waals surface area (Å²) in [6, 6.07) is 8.21. The molecule has 0 aliphatic heterocycles. The molecule has 2 heterocycles. The van der Waals surface area contributed by atoms with E-state index in [0.29, 0.717) is 11.7 Å². The topological polar surface area (TPSA) is 92.7 Å². The number of fused-ring (bicyclic) bond motifs is 1. The number of carbonyl (C=O) groups is 1. The van der Waals surface area contributed by atoms with E-state index < -0.39 is 16.7 Å². The Balaban J connectivity index is 1.93. The number of nitro groups is 1. The normalized spacial score (nSPS) is 11.3. The molecule has 0 radical (unpaired) electrons. The Kier molecular flexibility index (Phi) is 5.88. The molecule has 27 heavy (non-hydrogen) atoms. The average Bonchev–Trinajstić information content (AvgIpc) is 3.24. The SMILES string of the molecule is CN(C)CCCN(C(=O)c1ccc([N+](=O)[O-])o1)c1nc2ccc(Br)cc2s1. The number of hydrogen-bond acceptors (Lipinski definition) is 7. The summed E-state index contributed by atoms with van der Waals surface area (Å²) in [4.78, 5) is 31.2. The summed E-state index contributed by atoms with van der Waals surface area (Å²) in [6.07, 6.45) is 0.723. The van der Waals surface area contributed by atoms with Crippen LogP contribution in [0.3, 0.4) is 0 Å². The zero-order valence-electron chi connectivity index (χ0n) is 14.7. The first-order valence-corrected chi connectivity index (χ1v) is 9.73. The van der Waals surface area contributed by atoms with Gasteiger partial charge in [-0.05, 0) is 51.3 Å². The van der Waals surface area contributed by atoms with Gasteiger partial charge in [-0.15, -0.1) is 0 Å². The number of aromatic nitrogens is 1. The van der Waals surface area contributed by atoms with E-state index in [1.165, 1.54) is 28.4 Å². The zero-order valence-corrected chi connectivity index (χ0v) is 17.1. The predicted octanol–water partition coefficient (Wildman–Crippen LogP) is 4.16. The number of rotatable bonds is 7. The van der Waals surface area contributed by atoms with E-state index in [2.05, 4.69) is 20.9 Å². The number of anilines is 1. The van der Waals surface area contributed by atoms with Crippen molar-refractivity contribution >= 4 is 54.4 Å². The molecule has 0 aliphatic carbocycles. The number of benzene rings is 1. The summed E-state index contributed by atoms with van der Waals surface area (Å²) < 4.78 is 6.97. The summed E-state index contributed by atoms with van der Waals surface area (Å²) in [7, 11) is 3.91. The minimum absolute atomic E-state index is 0.0769. The molecule has 0 aliphatic rings. The Morgan fingerprint density at radius 3 is 2.74 bits per heavy atom. The van der Waals surface area contributed by atoms with Gasteiger partial charge in [-0.1, -0.05) is 27.3 Å². The number of carbonyl (C=O) groups excluding carboxylic acids is 1. The highest BCUT2D eigenvalue weighted by molar-refractivity contribution is 9.10. The minimum atomic E-state index is -0.664. The van der Waals surface area contributed by atoms with Gasteiger partial charge in [0.25, 0.3) is 5.91 Å². The van der Waals surface area contributed by atoms with Crippen LogP contribution in [0, 0.1) is 10.1 Å². The van der Waals surface area contributed by atoms with E-state index in [1.54, 1.807) is 0 Å². The average molecular weight is 453 g/mol. The van der Waals surface area contributed by atoms with E-state index in [0.717, 1.165) is 27.7 Å². The van der Waals surface area contributed by atoms with E-state index in [1.807, 2.05) is 37.2 Å². The van der Waals surface area contributed by atoms with Crippen molar-refractivity contribution in [1.82, 2.24) is 9.88 Å². The second-order valence-electron chi connectivity index (χ2n) is 6.12. The second-order valence-corrected chi connectivity index (χ2v) is 8.04. The Morgan fingerprint density at radius 2 is 2.07 bits per heavy atom. The predicted molar refractivity (Wildman–Crippen MR) is 108 cm³/mol. The fourth-order valence-electron chi connectivity index (χ4n) is 2.50. The first-order valence-electron chi connectivity index (χ1n) is 8.12. The Bertz CT molecular complexity index is 984. The molecule has 0 unspecified atom stereocenters. The molecule has 0 bridgehead atoms. The first-order chi connectivity index (χ1) is 12.8. The lowest BCUT2D eigenvalue weighted by Gasteiger charge is -2.19. The van der Waals surface area contributed by atoms with Crippen molar-refractivity contribution in [2.24, 2.45) is 0 Å². The lowest BCUT2D eigenvalue weighted by molar-refractivity contribution is -0.402. The maximum Gasteiger partial charge on any atom is 0.433 e. The van der Waals surface area contributed by atoms with Crippen LogP contribution in [0.15, 0.2) is 39.2 Å². The third kappa shape index (κ3) is 4.52. The minimum Gasteiger partial charge on any atom is -0.395 e. The van der Waals surface area contributed by atoms with E-state index in [-0.39, 0.29) is 5.76 Å². The number of thiazole rings is 1. The van der Waals surface area contributed by atoms with Gasteiger partial charge in [0.05, 0.1) is 16.3 Å². The van der Waals surface area contributed by atoms with Gasteiger partial charge in [0.2, 0.25) is 0 Å². The molecular formula is C17H17BrN4O4S. The molecule has 8 nitrogen and oxygen atoms in total. The molecule has 0 saturated heterocycles. The van der Waals surface area contributed by atoms with Gasteiger partial charge in [-0.3, -0.25) is 19.8 Å². The molecule has 0 N–H and O–H groups in total. The van der Waals surface area contributed by atoms with Crippen molar-refractivity contribution in [2.75, 3.05) is 32.1 Å². The van der Waals surface area contributed by atoms with Crippen molar-refractivity contribution in [3.05, 3.63) is 50.7 Å².